The van der Waals surface area contributed by atoms with E-state index in [2.05, 4.69) is 26.3 Å². The maximum Gasteiger partial charge on any atom is 0.254 e. The fourth-order valence-corrected chi connectivity index (χ4v) is 1.87. The van der Waals surface area contributed by atoms with Crippen LogP contribution in [0.1, 0.15) is 16.1 Å². The number of carbonyl (C=O) groups is 1. The summed E-state index contributed by atoms with van der Waals surface area (Å²) in [4.78, 5) is 11.6. The first-order chi connectivity index (χ1) is 8.13. The van der Waals surface area contributed by atoms with Crippen molar-refractivity contribution in [1.82, 2.24) is 15.1 Å². The summed E-state index contributed by atoms with van der Waals surface area (Å²) < 4.78 is 2.76. The van der Waals surface area contributed by atoms with Crippen molar-refractivity contribution in [3.8, 4) is 5.69 Å². The number of rotatable bonds is 2. The molecule has 1 aromatic heterocycles. The maximum atomic E-state index is 11.6. The van der Waals surface area contributed by atoms with Crippen LogP contribution in [0.4, 0.5) is 0 Å². The monoisotopic (exact) mass is 293 g/mol. The Bertz CT molecular complexity index is 545. The van der Waals surface area contributed by atoms with Gasteiger partial charge >= 0.3 is 0 Å². The van der Waals surface area contributed by atoms with E-state index in [-0.39, 0.29) is 5.91 Å². The molecule has 0 aliphatic carbocycles. The highest BCUT2D eigenvalue weighted by Gasteiger charge is 2.13. The summed E-state index contributed by atoms with van der Waals surface area (Å²) in [6.07, 6.45) is 1.58. The standard InChI is InChI=1S/C12H12BrN3O/c1-8-11(12(17)14-2)7-15-16(8)10-5-3-9(13)4-6-10/h3-7H,1-2H3,(H,14,17). The van der Waals surface area contributed by atoms with E-state index in [1.165, 1.54) is 0 Å². The number of nitrogens with one attached hydrogen (secondary N) is 1. The fourth-order valence-electron chi connectivity index (χ4n) is 1.61. The Morgan fingerprint density at radius 1 is 1.35 bits per heavy atom. The van der Waals surface area contributed by atoms with E-state index >= 15 is 0 Å². The molecule has 1 amide bonds. The fraction of sp³-hybridized carbons (Fsp3) is 0.167. The minimum atomic E-state index is -0.120. The van der Waals surface area contributed by atoms with Gasteiger partial charge in [-0.15, -0.1) is 0 Å². The van der Waals surface area contributed by atoms with Gasteiger partial charge in [0.1, 0.15) is 0 Å². The molecule has 1 aromatic carbocycles. The molecule has 5 heteroatoms. The normalized spacial score (nSPS) is 10.3. The number of aromatic nitrogens is 2. The zero-order valence-corrected chi connectivity index (χ0v) is 11.2. The molecule has 0 radical (unpaired) electrons. The van der Waals surface area contributed by atoms with Gasteiger partial charge in [-0.25, -0.2) is 4.68 Å². The van der Waals surface area contributed by atoms with Gasteiger partial charge in [-0.05, 0) is 31.2 Å². The third kappa shape index (κ3) is 2.24. The molecule has 0 unspecified atom stereocenters. The second-order valence-electron chi connectivity index (χ2n) is 3.61. The molecule has 88 valence electrons. The van der Waals surface area contributed by atoms with Gasteiger partial charge in [0.25, 0.3) is 5.91 Å². The second kappa shape index (κ2) is 4.71. The molecule has 2 rings (SSSR count). The molecule has 0 aliphatic rings. The van der Waals surface area contributed by atoms with Crippen molar-refractivity contribution in [3.05, 3.63) is 46.2 Å². The SMILES string of the molecule is CNC(=O)c1cnn(-c2ccc(Br)cc2)c1C. The Balaban J connectivity index is 2.44. The van der Waals surface area contributed by atoms with Crippen LogP contribution in [0.25, 0.3) is 5.69 Å². The molecule has 0 fully saturated rings. The van der Waals surface area contributed by atoms with Gasteiger partial charge in [-0.1, -0.05) is 15.9 Å². The lowest BCUT2D eigenvalue weighted by Crippen LogP contribution is -2.18. The summed E-state index contributed by atoms with van der Waals surface area (Å²) in [6, 6.07) is 7.77. The minimum absolute atomic E-state index is 0.120. The molecule has 0 aliphatic heterocycles. The van der Waals surface area contributed by atoms with E-state index in [0.29, 0.717) is 5.56 Å². The van der Waals surface area contributed by atoms with Crippen LogP contribution in [0.15, 0.2) is 34.9 Å². The van der Waals surface area contributed by atoms with E-state index < -0.39 is 0 Å². The van der Waals surface area contributed by atoms with E-state index in [9.17, 15) is 4.79 Å². The van der Waals surface area contributed by atoms with Gasteiger partial charge in [0.05, 0.1) is 23.1 Å². The predicted octanol–water partition coefficient (Wildman–Crippen LogP) is 2.30. The second-order valence-corrected chi connectivity index (χ2v) is 4.53. The highest BCUT2D eigenvalue weighted by Crippen LogP contribution is 2.17. The Kier molecular flexibility index (Phi) is 3.28. The maximum absolute atomic E-state index is 11.6. The Hall–Kier alpha value is -1.62. The summed E-state index contributed by atoms with van der Waals surface area (Å²) in [5.74, 6) is -0.120. The lowest BCUT2D eigenvalue weighted by atomic mass is 10.2. The molecule has 17 heavy (non-hydrogen) atoms. The summed E-state index contributed by atoms with van der Waals surface area (Å²) in [7, 11) is 1.61. The molecule has 0 atom stereocenters. The van der Waals surface area contributed by atoms with Crippen LogP contribution in [0.2, 0.25) is 0 Å². The quantitative estimate of drug-likeness (QED) is 0.924. The summed E-state index contributed by atoms with van der Waals surface area (Å²) in [6.45, 7) is 1.87. The van der Waals surface area contributed by atoms with E-state index in [0.717, 1.165) is 15.9 Å². The number of halogens is 1. The minimum Gasteiger partial charge on any atom is -0.355 e. The smallest absolute Gasteiger partial charge is 0.254 e. The summed E-state index contributed by atoms with van der Waals surface area (Å²) in [5.41, 5.74) is 2.35. The summed E-state index contributed by atoms with van der Waals surface area (Å²) in [5, 5.41) is 6.82. The Labute approximate surface area is 108 Å². The zero-order chi connectivity index (χ0) is 12.4. The average molecular weight is 294 g/mol. The zero-order valence-electron chi connectivity index (χ0n) is 9.57. The molecule has 0 saturated carbocycles. The van der Waals surface area contributed by atoms with Crippen molar-refractivity contribution in [2.24, 2.45) is 0 Å². The first kappa shape index (κ1) is 11.9. The highest BCUT2D eigenvalue weighted by molar-refractivity contribution is 9.10. The van der Waals surface area contributed by atoms with Crippen LogP contribution in [0.5, 0.6) is 0 Å². The number of benzene rings is 1. The third-order valence-electron chi connectivity index (χ3n) is 2.55. The molecular weight excluding hydrogens is 282 g/mol. The lowest BCUT2D eigenvalue weighted by molar-refractivity contribution is 0.0962. The molecule has 1 heterocycles. The van der Waals surface area contributed by atoms with Crippen LogP contribution < -0.4 is 5.32 Å². The number of hydrogen-bond donors (Lipinski definition) is 1. The van der Waals surface area contributed by atoms with E-state index in [1.807, 2.05) is 31.2 Å². The molecule has 1 N–H and O–H groups in total. The van der Waals surface area contributed by atoms with Crippen molar-refractivity contribution in [1.29, 1.82) is 0 Å². The van der Waals surface area contributed by atoms with Crippen molar-refractivity contribution in [3.63, 3.8) is 0 Å². The van der Waals surface area contributed by atoms with Crippen molar-refractivity contribution in [2.75, 3.05) is 7.05 Å². The number of nitrogens with zero attached hydrogens (tertiary/aromatic N) is 2. The van der Waals surface area contributed by atoms with Gasteiger partial charge < -0.3 is 5.32 Å². The van der Waals surface area contributed by atoms with Crippen molar-refractivity contribution < 1.29 is 4.79 Å². The lowest BCUT2D eigenvalue weighted by Gasteiger charge is -2.05. The number of amides is 1. The number of carbonyl (C=O) groups excluding carboxylic acids is 1. The molecule has 0 spiro atoms. The highest BCUT2D eigenvalue weighted by atomic mass is 79.9. The van der Waals surface area contributed by atoms with Gasteiger partial charge in [-0.2, -0.15) is 5.10 Å². The van der Waals surface area contributed by atoms with Crippen molar-refractivity contribution in [2.45, 2.75) is 6.92 Å². The van der Waals surface area contributed by atoms with Gasteiger partial charge in [0.2, 0.25) is 0 Å². The topological polar surface area (TPSA) is 46.9 Å². The van der Waals surface area contributed by atoms with Crippen LogP contribution in [-0.2, 0) is 0 Å². The van der Waals surface area contributed by atoms with Crippen LogP contribution in [-0.4, -0.2) is 22.7 Å². The molecule has 4 nitrogen and oxygen atoms in total. The first-order valence-corrected chi connectivity index (χ1v) is 5.95. The van der Waals surface area contributed by atoms with Crippen LogP contribution >= 0.6 is 15.9 Å². The van der Waals surface area contributed by atoms with E-state index in [4.69, 9.17) is 0 Å². The number of hydrogen-bond acceptors (Lipinski definition) is 2. The molecule has 2 aromatic rings. The van der Waals surface area contributed by atoms with Crippen molar-refractivity contribution >= 4 is 21.8 Å². The van der Waals surface area contributed by atoms with Crippen LogP contribution in [0.3, 0.4) is 0 Å². The Morgan fingerprint density at radius 2 is 2.00 bits per heavy atom. The molecule has 0 saturated heterocycles. The molecule has 0 bridgehead atoms. The Morgan fingerprint density at radius 3 is 2.59 bits per heavy atom. The summed E-state index contributed by atoms with van der Waals surface area (Å²) >= 11 is 3.38. The average Bonchev–Trinajstić information content (AvgIpc) is 2.71. The largest absolute Gasteiger partial charge is 0.355 e. The van der Waals surface area contributed by atoms with E-state index in [1.54, 1.807) is 17.9 Å². The predicted molar refractivity (Wildman–Crippen MR) is 69.4 cm³/mol. The molecular formula is C12H12BrN3O. The van der Waals surface area contributed by atoms with Crippen LogP contribution in [0, 0.1) is 6.92 Å². The van der Waals surface area contributed by atoms with Gasteiger partial charge in [-0.3, -0.25) is 4.79 Å². The van der Waals surface area contributed by atoms with Gasteiger partial charge in [0, 0.05) is 11.5 Å². The first-order valence-electron chi connectivity index (χ1n) is 5.16. The van der Waals surface area contributed by atoms with Gasteiger partial charge in [0.15, 0.2) is 0 Å². The third-order valence-corrected chi connectivity index (χ3v) is 3.08.